The van der Waals surface area contributed by atoms with Crippen LogP contribution in [-0.4, -0.2) is 99.8 Å². The summed E-state index contributed by atoms with van der Waals surface area (Å²) in [6.07, 6.45) is 3.66. The Kier molecular flexibility index (Phi) is 10.5. The second-order valence-corrected chi connectivity index (χ2v) is 8.30. The molecule has 6 heteroatoms. The van der Waals surface area contributed by atoms with Crippen LogP contribution in [0.1, 0.15) is 40.0 Å². The van der Waals surface area contributed by atoms with Crippen molar-refractivity contribution < 1.29 is 4.74 Å². The van der Waals surface area contributed by atoms with Gasteiger partial charge in [-0.2, -0.15) is 0 Å². The monoisotopic (exact) mass is 381 g/mol. The number of likely N-dealkylation sites (N-methyl/N-ethyl adjacent to an activating group) is 1. The van der Waals surface area contributed by atoms with Crippen molar-refractivity contribution in [3.05, 3.63) is 0 Å². The Bertz CT molecular complexity index is 417. The summed E-state index contributed by atoms with van der Waals surface area (Å²) in [5.74, 6) is 2.47. The zero-order valence-corrected chi connectivity index (χ0v) is 18.3. The summed E-state index contributed by atoms with van der Waals surface area (Å²) in [7, 11) is 2.18. The lowest BCUT2D eigenvalue weighted by molar-refractivity contribution is 0.0625. The zero-order chi connectivity index (χ0) is 19.5. The van der Waals surface area contributed by atoms with Gasteiger partial charge >= 0.3 is 0 Å². The van der Waals surface area contributed by atoms with Crippen molar-refractivity contribution in [1.29, 1.82) is 0 Å². The first kappa shape index (κ1) is 22.4. The quantitative estimate of drug-likeness (QED) is 0.489. The van der Waals surface area contributed by atoms with Gasteiger partial charge in [0.15, 0.2) is 5.96 Å². The van der Waals surface area contributed by atoms with E-state index in [1.54, 1.807) is 0 Å². The van der Waals surface area contributed by atoms with Gasteiger partial charge in [0, 0.05) is 72.6 Å². The molecule has 2 aliphatic rings. The molecule has 1 unspecified atom stereocenters. The Labute approximate surface area is 167 Å². The summed E-state index contributed by atoms with van der Waals surface area (Å²) < 4.78 is 5.48. The lowest BCUT2D eigenvalue weighted by Gasteiger charge is -2.35. The first-order chi connectivity index (χ1) is 13.1. The fraction of sp³-hybridized carbons (Fsp3) is 0.952. The van der Waals surface area contributed by atoms with Crippen molar-refractivity contribution in [2.75, 3.05) is 79.2 Å². The van der Waals surface area contributed by atoms with Gasteiger partial charge in [0.05, 0.1) is 0 Å². The third kappa shape index (κ3) is 8.36. The number of aliphatic imine (C=N–C) groups is 1. The van der Waals surface area contributed by atoms with E-state index in [1.165, 1.54) is 52.0 Å². The van der Waals surface area contributed by atoms with Crippen molar-refractivity contribution in [1.82, 2.24) is 20.0 Å². The normalized spacial score (nSPS) is 22.0. The molecule has 6 nitrogen and oxygen atoms in total. The number of nitrogens with one attached hydrogen (secondary N) is 1. The molecule has 1 N–H and O–H groups in total. The van der Waals surface area contributed by atoms with E-state index in [-0.39, 0.29) is 0 Å². The zero-order valence-electron chi connectivity index (χ0n) is 18.3. The fourth-order valence-corrected chi connectivity index (χ4v) is 4.02. The predicted molar refractivity (Wildman–Crippen MR) is 114 cm³/mol. The second-order valence-electron chi connectivity index (χ2n) is 8.30. The summed E-state index contributed by atoms with van der Waals surface area (Å²) in [4.78, 5) is 12.4. The number of hydrogen-bond acceptors (Lipinski definition) is 4. The van der Waals surface area contributed by atoms with Crippen LogP contribution in [-0.2, 0) is 4.74 Å². The third-order valence-corrected chi connectivity index (χ3v) is 5.94. The molecule has 1 atom stereocenters. The third-order valence-electron chi connectivity index (χ3n) is 5.94. The van der Waals surface area contributed by atoms with E-state index in [9.17, 15) is 0 Å². The molecular formula is C21H43N5O. The highest BCUT2D eigenvalue weighted by molar-refractivity contribution is 5.79. The van der Waals surface area contributed by atoms with Crippen molar-refractivity contribution in [3.63, 3.8) is 0 Å². The van der Waals surface area contributed by atoms with Gasteiger partial charge in [-0.15, -0.1) is 0 Å². The van der Waals surface area contributed by atoms with E-state index >= 15 is 0 Å². The van der Waals surface area contributed by atoms with Crippen molar-refractivity contribution in [2.45, 2.75) is 40.0 Å². The van der Waals surface area contributed by atoms with E-state index in [0.717, 1.165) is 51.3 Å². The maximum atomic E-state index is 5.48. The van der Waals surface area contributed by atoms with Crippen LogP contribution in [0.3, 0.4) is 0 Å². The Hall–Kier alpha value is -0.850. The first-order valence-corrected chi connectivity index (χ1v) is 11.1. The Morgan fingerprint density at radius 2 is 1.81 bits per heavy atom. The van der Waals surface area contributed by atoms with Gasteiger partial charge in [0.1, 0.15) is 0 Å². The van der Waals surface area contributed by atoms with Gasteiger partial charge in [-0.1, -0.05) is 13.8 Å². The average Bonchev–Trinajstić information content (AvgIpc) is 2.70. The second kappa shape index (κ2) is 12.6. The molecule has 0 bridgehead atoms. The average molecular weight is 382 g/mol. The SMILES string of the molecule is CCNC(=NCC(C)CN1CCN(CC)CC1)N(C)CCC1CCOCC1. The van der Waals surface area contributed by atoms with Crippen LogP contribution in [0.25, 0.3) is 0 Å². The van der Waals surface area contributed by atoms with Crippen molar-refractivity contribution >= 4 is 5.96 Å². The van der Waals surface area contributed by atoms with Crippen LogP contribution in [0.15, 0.2) is 4.99 Å². The number of rotatable bonds is 9. The minimum atomic E-state index is 0.593. The predicted octanol–water partition coefficient (Wildman–Crippen LogP) is 1.97. The highest BCUT2D eigenvalue weighted by Gasteiger charge is 2.18. The van der Waals surface area contributed by atoms with Gasteiger partial charge < -0.3 is 24.8 Å². The summed E-state index contributed by atoms with van der Waals surface area (Å²) in [5.41, 5.74) is 0. The topological polar surface area (TPSA) is 43.3 Å². The lowest BCUT2D eigenvalue weighted by atomic mass is 9.96. The highest BCUT2D eigenvalue weighted by atomic mass is 16.5. The van der Waals surface area contributed by atoms with Gasteiger partial charge in [-0.05, 0) is 44.6 Å². The van der Waals surface area contributed by atoms with Crippen LogP contribution in [0.5, 0.6) is 0 Å². The molecule has 0 saturated carbocycles. The first-order valence-electron chi connectivity index (χ1n) is 11.1. The number of guanidine groups is 1. The van der Waals surface area contributed by atoms with E-state index < -0.39 is 0 Å². The van der Waals surface area contributed by atoms with Gasteiger partial charge in [-0.3, -0.25) is 4.99 Å². The number of piperazine rings is 1. The molecule has 0 amide bonds. The standard InChI is InChI=1S/C21H43N5O/c1-5-22-21(24(4)10-7-20-8-15-27-16-9-20)23-17-19(3)18-26-13-11-25(6-2)12-14-26/h19-20H,5-18H2,1-4H3,(H,22,23). The van der Waals surface area contributed by atoms with E-state index in [2.05, 4.69) is 47.8 Å². The Morgan fingerprint density at radius 3 is 2.44 bits per heavy atom. The largest absolute Gasteiger partial charge is 0.381 e. The van der Waals surface area contributed by atoms with Gasteiger partial charge in [0.25, 0.3) is 0 Å². The molecular weight excluding hydrogens is 338 g/mol. The molecule has 2 fully saturated rings. The molecule has 0 aromatic rings. The van der Waals surface area contributed by atoms with Crippen molar-refractivity contribution in [3.8, 4) is 0 Å². The summed E-state index contributed by atoms with van der Waals surface area (Å²) >= 11 is 0. The number of ether oxygens (including phenoxy) is 1. The van der Waals surface area contributed by atoms with Crippen LogP contribution in [0.4, 0.5) is 0 Å². The van der Waals surface area contributed by atoms with Gasteiger partial charge in [-0.25, -0.2) is 0 Å². The molecule has 0 aliphatic carbocycles. The molecule has 0 spiro atoms. The lowest BCUT2D eigenvalue weighted by Crippen LogP contribution is -2.47. The molecule has 2 aliphatic heterocycles. The molecule has 0 aromatic carbocycles. The molecule has 2 rings (SSSR count). The maximum absolute atomic E-state index is 5.48. The van der Waals surface area contributed by atoms with Crippen LogP contribution >= 0.6 is 0 Å². The Balaban J connectivity index is 1.73. The number of nitrogens with zero attached hydrogens (tertiary/aromatic N) is 4. The summed E-state index contributed by atoms with van der Waals surface area (Å²) in [6.45, 7) is 18.7. The molecule has 2 heterocycles. The maximum Gasteiger partial charge on any atom is 0.193 e. The van der Waals surface area contributed by atoms with E-state index in [4.69, 9.17) is 9.73 Å². The minimum absolute atomic E-state index is 0.593. The fourth-order valence-electron chi connectivity index (χ4n) is 4.02. The van der Waals surface area contributed by atoms with Crippen LogP contribution < -0.4 is 5.32 Å². The van der Waals surface area contributed by atoms with Gasteiger partial charge in [0.2, 0.25) is 0 Å². The van der Waals surface area contributed by atoms with E-state index in [1.807, 2.05) is 0 Å². The van der Waals surface area contributed by atoms with Crippen LogP contribution in [0.2, 0.25) is 0 Å². The minimum Gasteiger partial charge on any atom is -0.381 e. The van der Waals surface area contributed by atoms with E-state index in [0.29, 0.717) is 5.92 Å². The number of hydrogen-bond donors (Lipinski definition) is 1. The highest BCUT2D eigenvalue weighted by Crippen LogP contribution is 2.18. The molecule has 158 valence electrons. The summed E-state index contributed by atoms with van der Waals surface area (Å²) in [5, 5.41) is 3.47. The Morgan fingerprint density at radius 1 is 1.15 bits per heavy atom. The molecule has 0 radical (unpaired) electrons. The smallest absolute Gasteiger partial charge is 0.193 e. The molecule has 27 heavy (non-hydrogen) atoms. The summed E-state index contributed by atoms with van der Waals surface area (Å²) in [6, 6.07) is 0. The van der Waals surface area contributed by atoms with Crippen molar-refractivity contribution in [2.24, 2.45) is 16.8 Å². The molecule has 2 saturated heterocycles. The molecule has 0 aromatic heterocycles. The van der Waals surface area contributed by atoms with Crippen LogP contribution in [0, 0.1) is 11.8 Å².